The third kappa shape index (κ3) is 5.27. The Morgan fingerprint density at radius 3 is 2.04 bits per heavy atom. The number of aryl methyl sites for hydroxylation is 2. The maximum absolute atomic E-state index is 12.8. The Labute approximate surface area is 138 Å². The Morgan fingerprint density at radius 2 is 1.65 bits per heavy atom. The summed E-state index contributed by atoms with van der Waals surface area (Å²) in [7, 11) is 0. The van der Waals surface area contributed by atoms with E-state index in [1.165, 1.54) is 0 Å². The highest BCUT2D eigenvalue weighted by atomic mass is 16.5. The van der Waals surface area contributed by atoms with E-state index in [1.54, 1.807) is 12.1 Å². The summed E-state index contributed by atoms with van der Waals surface area (Å²) in [4.78, 5) is 25.3. The Morgan fingerprint density at radius 1 is 1.13 bits per heavy atom. The zero-order chi connectivity index (χ0) is 17.7. The van der Waals surface area contributed by atoms with Crippen LogP contribution < -0.4 is 4.74 Å². The van der Waals surface area contributed by atoms with Gasteiger partial charge in [-0.25, -0.2) is 4.79 Å². The number of hydrogen-bond acceptors (Lipinski definition) is 3. The number of carboxylic acids is 1. The molecule has 1 aromatic carbocycles. The lowest BCUT2D eigenvalue weighted by atomic mass is 10.0. The van der Waals surface area contributed by atoms with Crippen LogP contribution in [0.15, 0.2) is 12.1 Å². The first kappa shape index (κ1) is 19.0. The summed E-state index contributed by atoms with van der Waals surface area (Å²) in [5.74, 6) is -0.109. The van der Waals surface area contributed by atoms with Gasteiger partial charge in [0.05, 0.1) is 0 Å². The maximum Gasteiger partial charge on any atom is 0.341 e. The molecule has 1 aromatic rings. The average Bonchev–Trinajstić information content (AvgIpc) is 2.42. The van der Waals surface area contributed by atoms with E-state index in [2.05, 4.69) is 13.8 Å². The van der Waals surface area contributed by atoms with Crippen LogP contribution in [0.4, 0.5) is 0 Å². The van der Waals surface area contributed by atoms with Crippen LogP contribution in [0.2, 0.25) is 0 Å². The van der Waals surface area contributed by atoms with Crippen molar-refractivity contribution in [1.29, 1.82) is 0 Å². The van der Waals surface area contributed by atoms with Crippen molar-refractivity contribution in [2.24, 2.45) is 5.92 Å². The lowest BCUT2D eigenvalue weighted by Crippen LogP contribution is -2.39. The smallest absolute Gasteiger partial charge is 0.341 e. The molecular weight excluding hydrogens is 294 g/mol. The largest absolute Gasteiger partial charge is 0.481 e. The number of nitrogens with zero attached hydrogens (tertiary/aromatic N) is 1. The van der Waals surface area contributed by atoms with Gasteiger partial charge in [-0.05, 0) is 56.9 Å². The van der Waals surface area contributed by atoms with Crippen LogP contribution >= 0.6 is 0 Å². The molecule has 1 N–H and O–H groups in total. The van der Waals surface area contributed by atoms with E-state index in [9.17, 15) is 9.59 Å². The summed E-state index contributed by atoms with van der Waals surface area (Å²) in [6.07, 6.45) is 0. The molecule has 0 aliphatic carbocycles. The molecule has 5 heteroatoms. The summed E-state index contributed by atoms with van der Waals surface area (Å²) in [5, 5.41) is 8.73. The van der Waals surface area contributed by atoms with Crippen molar-refractivity contribution < 1.29 is 19.4 Å². The van der Waals surface area contributed by atoms with Gasteiger partial charge in [0, 0.05) is 18.2 Å². The van der Waals surface area contributed by atoms with Crippen LogP contribution in [0.5, 0.6) is 5.75 Å². The molecule has 0 heterocycles. The monoisotopic (exact) mass is 321 g/mol. The first-order valence-electron chi connectivity index (χ1n) is 7.90. The molecular formula is C18H27NO4. The summed E-state index contributed by atoms with van der Waals surface area (Å²) in [6.45, 7) is 12.1. The van der Waals surface area contributed by atoms with Crippen LogP contribution in [0.3, 0.4) is 0 Å². The number of hydrogen-bond donors (Lipinski definition) is 1. The van der Waals surface area contributed by atoms with Crippen LogP contribution in [-0.4, -0.2) is 41.1 Å². The van der Waals surface area contributed by atoms with Gasteiger partial charge in [0.1, 0.15) is 5.75 Å². The van der Waals surface area contributed by atoms with Gasteiger partial charge in [0.25, 0.3) is 5.91 Å². The van der Waals surface area contributed by atoms with Crippen molar-refractivity contribution in [1.82, 2.24) is 4.90 Å². The Balaban J connectivity index is 3.08. The summed E-state index contributed by atoms with van der Waals surface area (Å²) in [6, 6.07) is 3.65. The van der Waals surface area contributed by atoms with Crippen molar-refractivity contribution in [3.05, 3.63) is 28.8 Å². The standard InChI is InChI=1S/C18H27NO4/c1-11(2)9-19(12(3)4)18(22)15-7-13(5)17(14(6)8-15)23-10-16(20)21/h7-8,11-12H,9-10H2,1-6H3,(H,20,21). The van der Waals surface area contributed by atoms with Gasteiger partial charge in [0.15, 0.2) is 6.61 Å². The number of rotatable bonds is 7. The molecule has 0 aliphatic heterocycles. The minimum Gasteiger partial charge on any atom is -0.481 e. The molecule has 0 atom stereocenters. The molecule has 0 saturated heterocycles. The number of carbonyl (C=O) groups excluding carboxylic acids is 1. The quantitative estimate of drug-likeness (QED) is 0.837. The van der Waals surface area contributed by atoms with E-state index in [-0.39, 0.29) is 18.6 Å². The SMILES string of the molecule is Cc1cc(C(=O)N(CC(C)C)C(C)C)cc(C)c1OCC(=O)O. The fourth-order valence-electron chi connectivity index (χ4n) is 2.52. The third-order valence-electron chi connectivity index (χ3n) is 3.49. The van der Waals surface area contributed by atoms with Crippen molar-refractivity contribution >= 4 is 11.9 Å². The molecule has 0 spiro atoms. The Hall–Kier alpha value is -2.04. The fraction of sp³-hybridized carbons (Fsp3) is 0.556. The lowest BCUT2D eigenvalue weighted by molar-refractivity contribution is -0.139. The Kier molecular flexibility index (Phi) is 6.61. The van der Waals surface area contributed by atoms with Crippen molar-refractivity contribution in [2.75, 3.05) is 13.2 Å². The Bertz CT molecular complexity index is 555. The predicted octanol–water partition coefficient (Wildman–Crippen LogP) is 3.27. The number of amides is 1. The van der Waals surface area contributed by atoms with Crippen LogP contribution in [0.1, 0.15) is 49.2 Å². The van der Waals surface area contributed by atoms with Gasteiger partial charge in [-0.1, -0.05) is 13.8 Å². The number of ether oxygens (including phenoxy) is 1. The van der Waals surface area contributed by atoms with Gasteiger partial charge < -0.3 is 14.7 Å². The number of benzene rings is 1. The second-order valence-electron chi connectivity index (χ2n) is 6.57. The molecule has 0 fully saturated rings. The number of carboxylic acid groups (broad SMARTS) is 1. The molecule has 0 saturated carbocycles. The minimum absolute atomic E-state index is 0.00955. The minimum atomic E-state index is -1.02. The topological polar surface area (TPSA) is 66.8 Å². The molecule has 128 valence electrons. The van der Waals surface area contributed by atoms with Gasteiger partial charge in [-0.15, -0.1) is 0 Å². The highest BCUT2D eigenvalue weighted by molar-refractivity contribution is 5.95. The summed E-state index contributed by atoms with van der Waals surface area (Å²) in [5.41, 5.74) is 2.14. The van der Waals surface area contributed by atoms with Crippen molar-refractivity contribution in [3.8, 4) is 5.75 Å². The molecule has 0 aromatic heterocycles. The first-order chi connectivity index (χ1) is 10.6. The molecule has 0 radical (unpaired) electrons. The van der Waals surface area contributed by atoms with Crippen LogP contribution in [0, 0.1) is 19.8 Å². The highest BCUT2D eigenvalue weighted by Gasteiger charge is 2.21. The maximum atomic E-state index is 12.8. The average molecular weight is 321 g/mol. The molecule has 0 aliphatic rings. The van der Waals surface area contributed by atoms with Gasteiger partial charge in [-0.3, -0.25) is 4.79 Å². The predicted molar refractivity (Wildman–Crippen MR) is 90.1 cm³/mol. The molecule has 1 rings (SSSR count). The van der Waals surface area contributed by atoms with Gasteiger partial charge in [-0.2, -0.15) is 0 Å². The highest BCUT2D eigenvalue weighted by Crippen LogP contribution is 2.26. The van der Waals surface area contributed by atoms with E-state index in [1.807, 2.05) is 32.6 Å². The van der Waals surface area contributed by atoms with E-state index >= 15 is 0 Å². The van der Waals surface area contributed by atoms with Gasteiger partial charge in [0.2, 0.25) is 0 Å². The fourth-order valence-corrected chi connectivity index (χ4v) is 2.52. The molecule has 1 amide bonds. The van der Waals surface area contributed by atoms with Crippen LogP contribution in [-0.2, 0) is 4.79 Å². The lowest BCUT2D eigenvalue weighted by Gasteiger charge is -2.29. The summed E-state index contributed by atoms with van der Waals surface area (Å²) >= 11 is 0. The zero-order valence-electron chi connectivity index (χ0n) is 14.8. The molecule has 0 unspecified atom stereocenters. The first-order valence-corrected chi connectivity index (χ1v) is 7.90. The molecule has 5 nitrogen and oxygen atoms in total. The number of aliphatic carboxylic acids is 1. The van der Waals surface area contributed by atoms with Gasteiger partial charge >= 0.3 is 5.97 Å². The normalized spacial score (nSPS) is 11.0. The zero-order valence-corrected chi connectivity index (χ0v) is 14.8. The van der Waals surface area contributed by atoms with E-state index in [0.717, 1.165) is 11.1 Å². The van der Waals surface area contributed by atoms with E-state index in [4.69, 9.17) is 9.84 Å². The van der Waals surface area contributed by atoms with Crippen molar-refractivity contribution in [3.63, 3.8) is 0 Å². The third-order valence-corrected chi connectivity index (χ3v) is 3.49. The van der Waals surface area contributed by atoms with Crippen LogP contribution in [0.25, 0.3) is 0 Å². The molecule has 23 heavy (non-hydrogen) atoms. The van der Waals surface area contributed by atoms with E-state index < -0.39 is 5.97 Å². The van der Waals surface area contributed by atoms with Crippen molar-refractivity contribution in [2.45, 2.75) is 47.6 Å². The van der Waals surface area contributed by atoms with E-state index in [0.29, 0.717) is 23.8 Å². The summed E-state index contributed by atoms with van der Waals surface area (Å²) < 4.78 is 5.31. The number of carbonyl (C=O) groups is 2. The second kappa shape index (κ2) is 7.99. The molecule has 0 bridgehead atoms. The second-order valence-corrected chi connectivity index (χ2v) is 6.57.